The predicted octanol–water partition coefficient (Wildman–Crippen LogP) is 3.20. The van der Waals surface area contributed by atoms with Gasteiger partial charge in [-0.25, -0.2) is 0 Å². The Hall–Kier alpha value is -0.590. The molecule has 0 radical (unpaired) electrons. The summed E-state index contributed by atoms with van der Waals surface area (Å²) < 4.78 is 0. The number of hydrogen-bond donors (Lipinski definition) is 0. The summed E-state index contributed by atoms with van der Waals surface area (Å²) in [6, 6.07) is 0. The predicted molar refractivity (Wildman–Crippen MR) is 53.1 cm³/mol. The molecule has 0 aliphatic carbocycles. The van der Waals surface area contributed by atoms with Gasteiger partial charge in [-0.15, -0.1) is 6.58 Å². The topological polar surface area (TPSA) is 17.1 Å². The zero-order valence-corrected chi connectivity index (χ0v) is 8.47. The molecule has 0 fully saturated rings. The van der Waals surface area contributed by atoms with Crippen LogP contribution in [0.5, 0.6) is 0 Å². The van der Waals surface area contributed by atoms with Crippen molar-refractivity contribution in [2.45, 2.75) is 40.0 Å². The first kappa shape index (κ1) is 11.4. The normalized spacial score (nSPS) is 15.2. The van der Waals surface area contributed by atoms with Crippen LogP contribution in [0.4, 0.5) is 0 Å². The second-order valence-corrected chi connectivity index (χ2v) is 3.53. The first-order valence-electron chi connectivity index (χ1n) is 4.74. The highest BCUT2D eigenvalue weighted by Gasteiger charge is 2.12. The molecular weight excluding hydrogens is 148 g/mol. The Labute approximate surface area is 75.9 Å². The van der Waals surface area contributed by atoms with Crippen LogP contribution in [0.1, 0.15) is 40.0 Å². The molecule has 1 nitrogen and oxygen atoms in total. The number of hydrogen-bond acceptors (Lipinski definition) is 1. The smallest absolute Gasteiger partial charge is 0.132 e. The molecule has 70 valence electrons. The molecule has 0 aromatic rings. The SMILES string of the molecule is C=CC(CCC)CC(C)C(C)=O. The monoisotopic (exact) mass is 168 g/mol. The molecule has 0 bridgehead atoms. The van der Waals surface area contributed by atoms with Crippen molar-refractivity contribution < 1.29 is 4.79 Å². The lowest BCUT2D eigenvalue weighted by Gasteiger charge is -2.14. The standard InChI is InChI=1S/C11H20O/c1-5-7-11(6-2)8-9(3)10(4)12/h6,9,11H,2,5,7-8H2,1,3-4H3. The van der Waals surface area contributed by atoms with Crippen molar-refractivity contribution in [3.63, 3.8) is 0 Å². The van der Waals surface area contributed by atoms with Gasteiger partial charge in [0.2, 0.25) is 0 Å². The van der Waals surface area contributed by atoms with Crippen LogP contribution in [-0.2, 0) is 4.79 Å². The summed E-state index contributed by atoms with van der Waals surface area (Å²) in [4.78, 5) is 11.0. The van der Waals surface area contributed by atoms with Crippen molar-refractivity contribution in [2.75, 3.05) is 0 Å². The van der Waals surface area contributed by atoms with Gasteiger partial charge in [-0.2, -0.15) is 0 Å². The van der Waals surface area contributed by atoms with E-state index in [0.717, 1.165) is 12.8 Å². The van der Waals surface area contributed by atoms with Crippen LogP contribution in [0.25, 0.3) is 0 Å². The first-order valence-corrected chi connectivity index (χ1v) is 4.74. The molecule has 0 saturated carbocycles. The van der Waals surface area contributed by atoms with Gasteiger partial charge >= 0.3 is 0 Å². The maximum Gasteiger partial charge on any atom is 0.132 e. The van der Waals surface area contributed by atoms with E-state index in [1.54, 1.807) is 6.92 Å². The summed E-state index contributed by atoms with van der Waals surface area (Å²) in [7, 11) is 0. The van der Waals surface area contributed by atoms with Gasteiger partial charge < -0.3 is 0 Å². The molecule has 2 atom stereocenters. The van der Waals surface area contributed by atoms with E-state index in [9.17, 15) is 4.79 Å². The molecule has 0 aromatic carbocycles. The summed E-state index contributed by atoms with van der Waals surface area (Å²) in [6.07, 6.45) is 5.26. The van der Waals surface area contributed by atoms with Crippen molar-refractivity contribution >= 4 is 5.78 Å². The number of Topliss-reactive ketones (excluding diaryl/α,β-unsaturated/α-hetero) is 1. The highest BCUT2D eigenvalue weighted by atomic mass is 16.1. The molecule has 0 aliphatic rings. The third-order valence-electron chi connectivity index (χ3n) is 2.34. The van der Waals surface area contributed by atoms with Crippen molar-refractivity contribution in [1.29, 1.82) is 0 Å². The number of rotatable bonds is 6. The summed E-state index contributed by atoms with van der Waals surface area (Å²) in [5.74, 6) is 1.01. The van der Waals surface area contributed by atoms with Crippen molar-refractivity contribution in [3.05, 3.63) is 12.7 Å². The fourth-order valence-electron chi connectivity index (χ4n) is 1.32. The number of allylic oxidation sites excluding steroid dienone is 1. The van der Waals surface area contributed by atoms with E-state index >= 15 is 0 Å². The second kappa shape index (κ2) is 5.99. The molecule has 0 rings (SSSR count). The minimum absolute atomic E-state index is 0.194. The van der Waals surface area contributed by atoms with E-state index in [-0.39, 0.29) is 11.7 Å². The van der Waals surface area contributed by atoms with Gasteiger partial charge in [-0.1, -0.05) is 26.3 Å². The van der Waals surface area contributed by atoms with Gasteiger partial charge in [0.25, 0.3) is 0 Å². The van der Waals surface area contributed by atoms with Crippen molar-refractivity contribution in [2.24, 2.45) is 11.8 Å². The molecule has 0 N–H and O–H groups in total. The van der Waals surface area contributed by atoms with Gasteiger partial charge in [0.15, 0.2) is 0 Å². The lowest BCUT2D eigenvalue weighted by Crippen LogP contribution is -2.11. The maximum absolute atomic E-state index is 11.0. The minimum atomic E-state index is 0.194. The van der Waals surface area contributed by atoms with Gasteiger partial charge in [0.1, 0.15) is 5.78 Å². The van der Waals surface area contributed by atoms with E-state index in [1.165, 1.54) is 6.42 Å². The highest BCUT2D eigenvalue weighted by molar-refractivity contribution is 5.77. The third-order valence-corrected chi connectivity index (χ3v) is 2.34. The average Bonchev–Trinajstić information content (AvgIpc) is 2.03. The Morgan fingerprint density at radius 3 is 2.50 bits per heavy atom. The van der Waals surface area contributed by atoms with Crippen LogP contribution in [0.3, 0.4) is 0 Å². The fraction of sp³-hybridized carbons (Fsp3) is 0.727. The third kappa shape index (κ3) is 4.32. The zero-order chi connectivity index (χ0) is 9.56. The highest BCUT2D eigenvalue weighted by Crippen LogP contribution is 2.18. The largest absolute Gasteiger partial charge is 0.300 e. The Morgan fingerprint density at radius 1 is 1.58 bits per heavy atom. The van der Waals surface area contributed by atoms with Gasteiger partial charge in [0.05, 0.1) is 0 Å². The lowest BCUT2D eigenvalue weighted by atomic mass is 9.90. The molecule has 0 saturated heterocycles. The summed E-state index contributed by atoms with van der Waals surface area (Å²) in [5.41, 5.74) is 0. The van der Waals surface area contributed by atoms with Crippen LogP contribution < -0.4 is 0 Å². The summed E-state index contributed by atoms with van der Waals surface area (Å²) >= 11 is 0. The Morgan fingerprint density at radius 2 is 2.17 bits per heavy atom. The van der Waals surface area contributed by atoms with E-state index < -0.39 is 0 Å². The van der Waals surface area contributed by atoms with Gasteiger partial charge in [-0.3, -0.25) is 4.79 Å². The molecule has 0 spiro atoms. The molecule has 1 heteroatoms. The Balaban J connectivity index is 3.84. The molecule has 0 aliphatic heterocycles. The summed E-state index contributed by atoms with van der Waals surface area (Å²) in [5, 5.41) is 0. The second-order valence-electron chi connectivity index (χ2n) is 3.53. The maximum atomic E-state index is 11.0. The van der Waals surface area contributed by atoms with Gasteiger partial charge in [0, 0.05) is 5.92 Å². The van der Waals surface area contributed by atoms with E-state index in [2.05, 4.69) is 13.5 Å². The number of ketones is 1. The van der Waals surface area contributed by atoms with E-state index in [1.807, 2.05) is 13.0 Å². The zero-order valence-electron chi connectivity index (χ0n) is 8.47. The van der Waals surface area contributed by atoms with Crippen LogP contribution >= 0.6 is 0 Å². The quantitative estimate of drug-likeness (QED) is 0.557. The molecular formula is C11H20O. The van der Waals surface area contributed by atoms with E-state index in [0.29, 0.717) is 5.92 Å². The number of carbonyl (C=O) groups excluding carboxylic acids is 1. The fourth-order valence-corrected chi connectivity index (χ4v) is 1.32. The van der Waals surface area contributed by atoms with Gasteiger partial charge in [-0.05, 0) is 25.7 Å². The molecule has 2 unspecified atom stereocenters. The van der Waals surface area contributed by atoms with Crippen molar-refractivity contribution in [3.8, 4) is 0 Å². The van der Waals surface area contributed by atoms with Crippen LogP contribution in [0, 0.1) is 11.8 Å². The van der Waals surface area contributed by atoms with E-state index in [4.69, 9.17) is 0 Å². The Bertz CT molecular complexity index is 149. The summed E-state index contributed by atoms with van der Waals surface area (Å²) in [6.45, 7) is 9.60. The molecule has 0 heterocycles. The van der Waals surface area contributed by atoms with Crippen LogP contribution in [0.2, 0.25) is 0 Å². The molecule has 0 aromatic heterocycles. The Kier molecular flexibility index (Phi) is 5.69. The number of carbonyl (C=O) groups is 1. The lowest BCUT2D eigenvalue weighted by molar-refractivity contribution is -0.120. The average molecular weight is 168 g/mol. The van der Waals surface area contributed by atoms with Crippen molar-refractivity contribution in [1.82, 2.24) is 0 Å². The first-order chi connectivity index (χ1) is 5.61. The van der Waals surface area contributed by atoms with Crippen LogP contribution in [-0.4, -0.2) is 5.78 Å². The van der Waals surface area contributed by atoms with Crippen LogP contribution in [0.15, 0.2) is 12.7 Å². The molecule has 0 amide bonds. The minimum Gasteiger partial charge on any atom is -0.300 e. The molecule has 12 heavy (non-hydrogen) atoms.